The van der Waals surface area contributed by atoms with Crippen molar-refractivity contribution >= 4 is 6.09 Å². The summed E-state index contributed by atoms with van der Waals surface area (Å²) in [4.78, 5) is 15.0. The van der Waals surface area contributed by atoms with E-state index in [1.807, 2.05) is 52.0 Å². The van der Waals surface area contributed by atoms with Crippen molar-refractivity contribution < 1.29 is 14.3 Å². The summed E-state index contributed by atoms with van der Waals surface area (Å²) in [5, 5.41) is 41.3. The molecule has 1 saturated heterocycles. The van der Waals surface area contributed by atoms with Crippen LogP contribution in [0.3, 0.4) is 0 Å². The molecule has 1 fully saturated rings. The number of carbonyl (C=O) groups excluding carboxylic acids is 1. The number of amides is 1. The molecule has 2 aliphatic heterocycles. The molecule has 0 spiro atoms. The number of hydrogen-bond donors (Lipinski definition) is 0. The summed E-state index contributed by atoms with van der Waals surface area (Å²) in [7, 11) is 1.44. The van der Waals surface area contributed by atoms with Crippen LogP contribution in [0.25, 0.3) is 0 Å². The van der Waals surface area contributed by atoms with Crippen LogP contribution in [0.4, 0.5) is 4.79 Å². The van der Waals surface area contributed by atoms with Crippen LogP contribution in [0.1, 0.15) is 27.7 Å². The summed E-state index contributed by atoms with van der Waals surface area (Å²) < 4.78 is 11.0. The summed E-state index contributed by atoms with van der Waals surface area (Å²) in [6, 6.07) is 12.2. The molecule has 0 radical (unpaired) electrons. The molecule has 1 amide bonds. The maximum absolute atomic E-state index is 13.8. The molecule has 2 heterocycles. The first kappa shape index (κ1) is 24.4. The Morgan fingerprint density at radius 3 is 1.62 bits per heavy atom. The molecule has 3 rings (SSSR count). The van der Waals surface area contributed by atoms with Crippen LogP contribution in [0.5, 0.6) is 11.5 Å². The standard InChI is InChI=1S/C26H25N5O3/c1-16(2)18-10-11-19(17(3)4)23-26(14-29,15-30)25(12-27,13-28)22(18)31(23)24(32)34-21-9-7-6-8-20(21)33-5/h6-11,16-17,22-23H,1-5H3. The highest BCUT2D eigenvalue weighted by atomic mass is 16.6. The molecule has 34 heavy (non-hydrogen) atoms. The van der Waals surface area contributed by atoms with Crippen LogP contribution in [-0.4, -0.2) is 30.2 Å². The van der Waals surface area contributed by atoms with Crippen molar-refractivity contribution in [3.8, 4) is 35.8 Å². The lowest BCUT2D eigenvalue weighted by atomic mass is 9.59. The summed E-state index contributed by atoms with van der Waals surface area (Å²) in [5.41, 5.74) is -3.09. The quantitative estimate of drug-likeness (QED) is 0.652. The number of carbonyl (C=O) groups is 1. The molecule has 2 bridgehead atoms. The first-order valence-corrected chi connectivity index (χ1v) is 10.9. The smallest absolute Gasteiger partial charge is 0.416 e. The highest BCUT2D eigenvalue weighted by Crippen LogP contribution is 2.60. The molecule has 2 unspecified atom stereocenters. The van der Waals surface area contributed by atoms with Gasteiger partial charge < -0.3 is 9.47 Å². The van der Waals surface area contributed by atoms with E-state index in [0.717, 1.165) is 0 Å². The van der Waals surface area contributed by atoms with E-state index in [1.165, 1.54) is 12.0 Å². The molecule has 1 aromatic rings. The normalized spacial score (nSPS) is 21.8. The van der Waals surface area contributed by atoms with Gasteiger partial charge in [0.15, 0.2) is 11.5 Å². The fourth-order valence-electron chi connectivity index (χ4n) is 4.92. The van der Waals surface area contributed by atoms with E-state index in [0.29, 0.717) is 16.9 Å². The number of methoxy groups -OCH3 is 1. The first-order chi connectivity index (χ1) is 16.2. The van der Waals surface area contributed by atoms with Crippen molar-refractivity contribution in [2.75, 3.05) is 7.11 Å². The van der Waals surface area contributed by atoms with E-state index >= 15 is 0 Å². The van der Waals surface area contributed by atoms with Gasteiger partial charge in [0.2, 0.25) is 10.8 Å². The van der Waals surface area contributed by atoms with Gasteiger partial charge in [0.25, 0.3) is 0 Å². The maximum atomic E-state index is 13.8. The van der Waals surface area contributed by atoms with E-state index < -0.39 is 29.0 Å². The molecule has 2 atom stereocenters. The predicted molar refractivity (Wildman–Crippen MR) is 122 cm³/mol. The third kappa shape index (κ3) is 3.20. The van der Waals surface area contributed by atoms with Gasteiger partial charge in [-0.25, -0.2) is 4.79 Å². The molecule has 0 saturated carbocycles. The number of hydrogen-bond acceptors (Lipinski definition) is 7. The highest BCUT2D eigenvalue weighted by molar-refractivity contribution is 5.77. The molecule has 8 nitrogen and oxygen atoms in total. The van der Waals surface area contributed by atoms with Crippen molar-refractivity contribution in [1.29, 1.82) is 21.0 Å². The number of fused-ring (bicyclic) bond motifs is 2. The van der Waals surface area contributed by atoms with Crippen molar-refractivity contribution in [3.63, 3.8) is 0 Å². The summed E-state index contributed by atoms with van der Waals surface area (Å²) in [6.45, 7) is 7.49. The highest BCUT2D eigenvalue weighted by Gasteiger charge is 2.75. The van der Waals surface area contributed by atoms with Gasteiger partial charge in [0, 0.05) is 0 Å². The van der Waals surface area contributed by atoms with Crippen molar-refractivity contribution in [2.45, 2.75) is 39.8 Å². The van der Waals surface area contributed by atoms with Crippen molar-refractivity contribution in [3.05, 3.63) is 47.6 Å². The molecule has 0 aliphatic carbocycles. The number of allylic oxidation sites excluding steroid dienone is 2. The summed E-state index contributed by atoms with van der Waals surface area (Å²) in [5.74, 6) is 0.0761. The van der Waals surface area contributed by atoms with Crippen LogP contribution in [0.15, 0.2) is 47.6 Å². The zero-order valence-electron chi connectivity index (χ0n) is 19.7. The number of benzene rings is 1. The monoisotopic (exact) mass is 455 g/mol. The minimum Gasteiger partial charge on any atom is -0.493 e. The average molecular weight is 456 g/mol. The third-order valence-electron chi connectivity index (χ3n) is 6.61. The fraction of sp³-hybridized carbons (Fsp3) is 0.423. The second kappa shape index (κ2) is 8.93. The molecule has 2 aliphatic rings. The van der Waals surface area contributed by atoms with Crippen LogP contribution in [0.2, 0.25) is 0 Å². The zero-order chi connectivity index (χ0) is 25.3. The fourth-order valence-corrected chi connectivity index (χ4v) is 4.92. The Morgan fingerprint density at radius 2 is 1.26 bits per heavy atom. The van der Waals surface area contributed by atoms with Crippen LogP contribution >= 0.6 is 0 Å². The number of rotatable bonds is 4. The lowest BCUT2D eigenvalue weighted by molar-refractivity contribution is 0.131. The van der Waals surface area contributed by atoms with E-state index in [1.54, 1.807) is 36.4 Å². The third-order valence-corrected chi connectivity index (χ3v) is 6.61. The van der Waals surface area contributed by atoms with Gasteiger partial charge in [-0.15, -0.1) is 0 Å². The Morgan fingerprint density at radius 1 is 0.853 bits per heavy atom. The van der Waals surface area contributed by atoms with Gasteiger partial charge in [0.1, 0.15) is 0 Å². The maximum Gasteiger partial charge on any atom is 0.416 e. The van der Waals surface area contributed by atoms with Crippen LogP contribution in [0, 0.1) is 68.0 Å². The van der Waals surface area contributed by atoms with Crippen molar-refractivity contribution in [2.24, 2.45) is 22.7 Å². The van der Waals surface area contributed by atoms with E-state index in [-0.39, 0.29) is 17.6 Å². The molecule has 8 heteroatoms. The topological polar surface area (TPSA) is 134 Å². The minimum atomic E-state index is -2.13. The van der Waals surface area contributed by atoms with Gasteiger partial charge in [0.05, 0.1) is 43.5 Å². The largest absolute Gasteiger partial charge is 0.493 e. The first-order valence-electron chi connectivity index (χ1n) is 10.9. The number of para-hydroxylation sites is 2. The Balaban J connectivity index is 2.35. The Hall–Kier alpha value is -4.27. The van der Waals surface area contributed by atoms with Gasteiger partial charge in [-0.3, -0.25) is 4.90 Å². The van der Waals surface area contributed by atoms with Gasteiger partial charge >= 0.3 is 6.09 Å². The summed E-state index contributed by atoms with van der Waals surface area (Å²) >= 11 is 0. The SMILES string of the molecule is COc1ccccc1OC(=O)N1C2C(C(C)C)=CC=C(C(C)C)C1C(C#N)(C#N)C2(C#N)C#N. The van der Waals surface area contributed by atoms with Gasteiger partial charge in [-0.1, -0.05) is 52.0 Å². The minimum absolute atomic E-state index is 0.142. The second-order valence-corrected chi connectivity index (χ2v) is 8.94. The molecule has 1 aromatic carbocycles. The second-order valence-electron chi connectivity index (χ2n) is 8.94. The number of nitriles is 4. The van der Waals surface area contributed by atoms with Gasteiger partial charge in [-0.05, 0) is 35.1 Å². The Kier molecular flexibility index (Phi) is 6.40. The van der Waals surface area contributed by atoms with E-state index in [2.05, 4.69) is 0 Å². The molecule has 0 N–H and O–H groups in total. The van der Waals surface area contributed by atoms with Crippen LogP contribution in [-0.2, 0) is 0 Å². The Bertz CT molecular complexity index is 1140. The van der Waals surface area contributed by atoms with E-state index in [9.17, 15) is 25.8 Å². The lowest BCUT2D eigenvalue weighted by Gasteiger charge is -2.33. The molecule has 0 aromatic heterocycles. The van der Waals surface area contributed by atoms with Gasteiger partial charge in [-0.2, -0.15) is 21.0 Å². The molecular formula is C26H25N5O3. The van der Waals surface area contributed by atoms with E-state index in [4.69, 9.17) is 9.47 Å². The lowest BCUT2D eigenvalue weighted by Crippen LogP contribution is -2.48. The van der Waals surface area contributed by atoms with Crippen molar-refractivity contribution in [1.82, 2.24) is 4.90 Å². The average Bonchev–Trinajstić information content (AvgIpc) is 2.92. The Labute approximate surface area is 199 Å². The zero-order valence-corrected chi connectivity index (χ0v) is 19.7. The predicted octanol–water partition coefficient (Wildman–Crippen LogP) is 4.49. The molecular weight excluding hydrogens is 430 g/mol. The number of nitrogens with zero attached hydrogens (tertiary/aromatic N) is 5. The summed E-state index contributed by atoms with van der Waals surface area (Å²) in [6.07, 6.45) is 2.73. The van der Waals surface area contributed by atoms with Crippen LogP contribution < -0.4 is 9.47 Å². The number of ether oxygens (including phenoxy) is 2. The molecule has 172 valence electrons.